The van der Waals surface area contributed by atoms with Gasteiger partial charge in [-0.05, 0) is 47.8 Å². The van der Waals surface area contributed by atoms with Crippen LogP contribution in [0.5, 0.6) is 0 Å². The van der Waals surface area contributed by atoms with Crippen molar-refractivity contribution in [3.8, 4) is 0 Å². The van der Waals surface area contributed by atoms with Crippen LogP contribution in [0, 0.1) is 22.2 Å². The fraction of sp³-hybridized carbons (Fsp3) is 1.00. The Kier molecular flexibility index (Phi) is 4.04. The lowest BCUT2D eigenvalue weighted by Gasteiger charge is -2.50. The Bertz CT molecular complexity index is 267. The summed E-state index contributed by atoms with van der Waals surface area (Å²) in [6, 6.07) is 0.342. The molecule has 1 aliphatic rings. The fourth-order valence-corrected chi connectivity index (χ4v) is 3.76. The fourth-order valence-electron chi connectivity index (χ4n) is 3.76. The Morgan fingerprint density at radius 1 is 1.06 bits per heavy atom. The van der Waals surface area contributed by atoms with Gasteiger partial charge in [-0.25, -0.2) is 0 Å². The molecule has 0 heterocycles. The number of rotatable bonds is 1. The summed E-state index contributed by atoms with van der Waals surface area (Å²) in [6.07, 6.45) is 4.92. The van der Waals surface area contributed by atoms with Crippen LogP contribution >= 0.6 is 0 Å². The highest BCUT2D eigenvalue weighted by Crippen LogP contribution is 2.51. The second-order valence-electron chi connectivity index (χ2n) is 8.25. The smallest absolute Gasteiger partial charge is 0.00981 e. The van der Waals surface area contributed by atoms with Crippen molar-refractivity contribution in [1.82, 2.24) is 0 Å². The Balaban J connectivity index is 3.06. The highest BCUT2D eigenvalue weighted by molar-refractivity contribution is 4.97. The average molecular weight is 239 g/mol. The summed E-state index contributed by atoms with van der Waals surface area (Å²) in [7, 11) is 0. The van der Waals surface area contributed by atoms with Gasteiger partial charge in [0.05, 0.1) is 0 Å². The second kappa shape index (κ2) is 4.57. The largest absolute Gasteiger partial charge is 0.327 e. The molecule has 0 bridgehead atoms. The molecule has 3 atom stereocenters. The molecule has 2 unspecified atom stereocenters. The molecule has 1 rings (SSSR count). The molecule has 1 nitrogen and oxygen atoms in total. The molecule has 1 saturated carbocycles. The Morgan fingerprint density at radius 3 is 2.06 bits per heavy atom. The van der Waals surface area contributed by atoms with Gasteiger partial charge in [0.1, 0.15) is 0 Å². The molecule has 1 heteroatoms. The summed E-state index contributed by atoms with van der Waals surface area (Å²) in [5.41, 5.74) is 7.62. The van der Waals surface area contributed by atoms with E-state index >= 15 is 0 Å². The third kappa shape index (κ3) is 3.24. The lowest BCUT2D eigenvalue weighted by Crippen LogP contribution is -2.48. The van der Waals surface area contributed by atoms with Gasteiger partial charge in [-0.15, -0.1) is 0 Å². The maximum Gasteiger partial charge on any atom is 0.00981 e. The van der Waals surface area contributed by atoms with Gasteiger partial charge in [0, 0.05) is 6.04 Å². The molecule has 0 spiro atoms. The number of hydrogen-bond acceptors (Lipinski definition) is 1. The normalized spacial score (nSPS) is 41.6. The molecule has 1 fully saturated rings. The van der Waals surface area contributed by atoms with Gasteiger partial charge in [-0.3, -0.25) is 0 Å². The Morgan fingerprint density at radius 2 is 1.59 bits per heavy atom. The monoisotopic (exact) mass is 239 g/mol. The van der Waals surface area contributed by atoms with E-state index in [-0.39, 0.29) is 0 Å². The van der Waals surface area contributed by atoms with E-state index in [2.05, 4.69) is 48.5 Å². The summed E-state index contributed by atoms with van der Waals surface area (Å²) in [6.45, 7) is 16.8. The third-order valence-corrected chi connectivity index (χ3v) is 5.53. The Labute approximate surface area is 109 Å². The molecule has 102 valence electrons. The van der Waals surface area contributed by atoms with E-state index in [0.29, 0.717) is 22.3 Å². The molecule has 0 saturated heterocycles. The van der Waals surface area contributed by atoms with Crippen LogP contribution in [0.2, 0.25) is 0 Å². The van der Waals surface area contributed by atoms with Crippen LogP contribution in [-0.4, -0.2) is 6.04 Å². The molecule has 1 aliphatic carbocycles. The Hall–Kier alpha value is -0.0400. The number of nitrogens with two attached hydrogens (primary N) is 1. The summed E-state index contributed by atoms with van der Waals surface area (Å²) in [5.74, 6) is 0.774. The van der Waals surface area contributed by atoms with Crippen LogP contribution in [0.4, 0.5) is 0 Å². The van der Waals surface area contributed by atoms with Crippen LogP contribution in [0.3, 0.4) is 0 Å². The van der Waals surface area contributed by atoms with Gasteiger partial charge in [0.2, 0.25) is 0 Å². The minimum absolute atomic E-state index is 0.301. The van der Waals surface area contributed by atoms with E-state index in [4.69, 9.17) is 5.73 Å². The van der Waals surface area contributed by atoms with Gasteiger partial charge in [0.25, 0.3) is 0 Å². The van der Waals surface area contributed by atoms with E-state index in [9.17, 15) is 0 Å². The average Bonchev–Trinajstić information content (AvgIpc) is 2.14. The molecule has 0 radical (unpaired) electrons. The molecule has 0 aliphatic heterocycles. The van der Waals surface area contributed by atoms with E-state index in [1.165, 1.54) is 19.3 Å². The first-order chi connectivity index (χ1) is 7.52. The van der Waals surface area contributed by atoms with Gasteiger partial charge >= 0.3 is 0 Å². The highest BCUT2D eigenvalue weighted by Gasteiger charge is 2.44. The van der Waals surface area contributed by atoms with E-state index in [1.807, 2.05) is 0 Å². The molecule has 2 N–H and O–H groups in total. The standard InChI is InChI=1S/C16H33N/c1-8-16(7)11-15(5,6)12(2)9-14(3,4)10-13(16)17/h12-13H,8-11,17H2,1-7H3/t12?,13?,16-/m1/s1. The third-order valence-electron chi connectivity index (χ3n) is 5.53. The SMILES string of the molecule is CC[C@]1(C)CC(C)(C)C(C)CC(C)(C)CC1N. The first-order valence-electron chi connectivity index (χ1n) is 7.28. The molecular formula is C16H33N. The zero-order valence-corrected chi connectivity index (χ0v) is 13.1. The first-order valence-corrected chi connectivity index (χ1v) is 7.28. The molecule has 0 aromatic carbocycles. The lowest BCUT2D eigenvalue weighted by atomic mass is 9.57. The van der Waals surface area contributed by atoms with Crippen molar-refractivity contribution in [2.45, 2.75) is 80.2 Å². The molecular weight excluding hydrogens is 206 g/mol. The maximum atomic E-state index is 6.54. The second-order valence-corrected chi connectivity index (χ2v) is 8.25. The topological polar surface area (TPSA) is 26.0 Å². The van der Waals surface area contributed by atoms with Crippen molar-refractivity contribution >= 4 is 0 Å². The lowest BCUT2D eigenvalue weighted by molar-refractivity contribution is 0.0233. The van der Waals surface area contributed by atoms with Gasteiger partial charge in [-0.2, -0.15) is 0 Å². The predicted octanol–water partition coefficient (Wildman–Crippen LogP) is 4.60. The van der Waals surface area contributed by atoms with Crippen LogP contribution < -0.4 is 5.73 Å². The predicted molar refractivity (Wildman–Crippen MR) is 77.0 cm³/mol. The van der Waals surface area contributed by atoms with Crippen LogP contribution in [0.1, 0.15) is 74.1 Å². The quantitative estimate of drug-likeness (QED) is 0.711. The maximum absolute atomic E-state index is 6.54. The zero-order chi connectivity index (χ0) is 13.5. The highest BCUT2D eigenvalue weighted by atomic mass is 14.7. The van der Waals surface area contributed by atoms with Crippen molar-refractivity contribution in [3.63, 3.8) is 0 Å². The summed E-state index contributed by atoms with van der Waals surface area (Å²) < 4.78 is 0. The van der Waals surface area contributed by atoms with Gasteiger partial charge < -0.3 is 5.73 Å². The minimum Gasteiger partial charge on any atom is -0.327 e. The van der Waals surface area contributed by atoms with Crippen LogP contribution in [0.25, 0.3) is 0 Å². The van der Waals surface area contributed by atoms with Gasteiger partial charge in [-0.1, -0.05) is 48.5 Å². The van der Waals surface area contributed by atoms with E-state index in [0.717, 1.165) is 12.3 Å². The van der Waals surface area contributed by atoms with Gasteiger partial charge in [0.15, 0.2) is 0 Å². The van der Waals surface area contributed by atoms with Crippen molar-refractivity contribution in [1.29, 1.82) is 0 Å². The van der Waals surface area contributed by atoms with Crippen molar-refractivity contribution in [3.05, 3.63) is 0 Å². The van der Waals surface area contributed by atoms with Crippen molar-refractivity contribution in [2.24, 2.45) is 27.9 Å². The molecule has 0 aromatic heterocycles. The summed E-state index contributed by atoms with van der Waals surface area (Å²) >= 11 is 0. The molecule has 0 amide bonds. The number of hydrogen-bond donors (Lipinski definition) is 1. The van der Waals surface area contributed by atoms with Crippen molar-refractivity contribution < 1.29 is 0 Å². The van der Waals surface area contributed by atoms with Crippen LogP contribution in [-0.2, 0) is 0 Å². The first kappa shape index (κ1) is 15.0. The summed E-state index contributed by atoms with van der Waals surface area (Å²) in [4.78, 5) is 0. The summed E-state index contributed by atoms with van der Waals surface area (Å²) in [5, 5.41) is 0. The molecule has 0 aromatic rings. The zero-order valence-electron chi connectivity index (χ0n) is 13.1. The van der Waals surface area contributed by atoms with E-state index in [1.54, 1.807) is 0 Å². The minimum atomic E-state index is 0.301. The van der Waals surface area contributed by atoms with Crippen molar-refractivity contribution in [2.75, 3.05) is 0 Å². The van der Waals surface area contributed by atoms with Crippen LogP contribution in [0.15, 0.2) is 0 Å². The van der Waals surface area contributed by atoms with E-state index < -0.39 is 0 Å². The molecule has 17 heavy (non-hydrogen) atoms.